The highest BCUT2D eigenvalue weighted by Crippen LogP contribution is 2.30. The van der Waals surface area contributed by atoms with E-state index in [0.29, 0.717) is 22.9 Å². The van der Waals surface area contributed by atoms with E-state index in [9.17, 15) is 9.59 Å². The highest BCUT2D eigenvalue weighted by atomic mass is 16.5. The van der Waals surface area contributed by atoms with Crippen LogP contribution in [0.25, 0.3) is 0 Å². The number of amides is 2. The van der Waals surface area contributed by atoms with Crippen LogP contribution < -0.4 is 25.3 Å². The summed E-state index contributed by atoms with van der Waals surface area (Å²) in [4.78, 5) is 22.8. The van der Waals surface area contributed by atoms with Crippen LogP contribution in [-0.2, 0) is 11.4 Å². The highest BCUT2D eigenvalue weighted by Gasteiger charge is 2.14. The molecule has 0 aliphatic rings. The number of primary amides is 1. The van der Waals surface area contributed by atoms with Gasteiger partial charge in [0, 0.05) is 6.92 Å². The van der Waals surface area contributed by atoms with E-state index in [2.05, 4.69) is 5.32 Å². The Morgan fingerprint density at radius 1 is 1.08 bits per heavy atom. The molecule has 0 spiro atoms. The van der Waals surface area contributed by atoms with Crippen molar-refractivity contribution in [3.8, 4) is 17.2 Å². The van der Waals surface area contributed by atoms with Gasteiger partial charge in [-0.2, -0.15) is 0 Å². The molecule has 0 unspecified atom stereocenters. The summed E-state index contributed by atoms with van der Waals surface area (Å²) in [5.41, 5.74) is 6.61. The molecule has 0 radical (unpaired) electrons. The van der Waals surface area contributed by atoms with Crippen molar-refractivity contribution in [1.82, 2.24) is 0 Å². The van der Waals surface area contributed by atoms with Gasteiger partial charge in [0.1, 0.15) is 23.9 Å². The summed E-state index contributed by atoms with van der Waals surface area (Å²) in [6.07, 6.45) is 0. The van der Waals surface area contributed by atoms with Crippen molar-refractivity contribution >= 4 is 17.5 Å². The van der Waals surface area contributed by atoms with E-state index in [1.54, 1.807) is 38.5 Å². The second-order valence-electron chi connectivity index (χ2n) is 5.18. The quantitative estimate of drug-likeness (QED) is 0.803. The van der Waals surface area contributed by atoms with Crippen molar-refractivity contribution < 1.29 is 23.8 Å². The third-order valence-corrected chi connectivity index (χ3v) is 3.48. The van der Waals surface area contributed by atoms with Gasteiger partial charge in [-0.05, 0) is 30.3 Å². The summed E-state index contributed by atoms with van der Waals surface area (Å²) in [6.45, 7) is 1.52. The summed E-state index contributed by atoms with van der Waals surface area (Å²) in [5, 5.41) is 2.56. The molecule has 0 aliphatic carbocycles. The Kier molecular flexibility index (Phi) is 5.84. The molecule has 0 fully saturated rings. The van der Waals surface area contributed by atoms with Crippen molar-refractivity contribution in [2.45, 2.75) is 13.5 Å². The van der Waals surface area contributed by atoms with Crippen LogP contribution in [0, 0.1) is 0 Å². The summed E-state index contributed by atoms with van der Waals surface area (Å²) in [6, 6.07) is 10.1. The molecule has 0 saturated heterocycles. The van der Waals surface area contributed by atoms with E-state index < -0.39 is 5.91 Å². The van der Waals surface area contributed by atoms with Gasteiger partial charge in [0.15, 0.2) is 0 Å². The SMILES string of the molecule is COc1cccc(OC)c1COc1ccc(NC(C)=O)c(C(N)=O)c1. The lowest BCUT2D eigenvalue weighted by Gasteiger charge is -2.15. The molecule has 0 saturated carbocycles. The number of hydrogen-bond acceptors (Lipinski definition) is 5. The van der Waals surface area contributed by atoms with Gasteiger partial charge >= 0.3 is 0 Å². The van der Waals surface area contributed by atoms with E-state index in [0.717, 1.165) is 5.56 Å². The number of benzene rings is 2. The average Bonchev–Trinajstić information content (AvgIpc) is 2.59. The van der Waals surface area contributed by atoms with E-state index >= 15 is 0 Å². The molecule has 7 nitrogen and oxygen atoms in total. The van der Waals surface area contributed by atoms with Crippen LogP contribution in [0.1, 0.15) is 22.8 Å². The maximum atomic E-state index is 11.6. The molecular formula is C18H20N2O5. The molecule has 2 aromatic carbocycles. The second-order valence-corrected chi connectivity index (χ2v) is 5.18. The third-order valence-electron chi connectivity index (χ3n) is 3.48. The van der Waals surface area contributed by atoms with Crippen molar-refractivity contribution in [2.24, 2.45) is 5.73 Å². The summed E-state index contributed by atoms with van der Waals surface area (Å²) in [5.74, 6) is 0.726. The van der Waals surface area contributed by atoms with E-state index in [1.165, 1.54) is 13.0 Å². The standard InChI is InChI=1S/C18H20N2O5/c1-11(21)20-15-8-7-12(9-13(15)18(19)22)25-10-14-16(23-2)5-4-6-17(14)24-3/h4-9H,10H2,1-3H3,(H2,19,22)(H,20,21). The maximum Gasteiger partial charge on any atom is 0.250 e. The van der Waals surface area contributed by atoms with Gasteiger partial charge in [0.05, 0.1) is 31.0 Å². The first kappa shape index (κ1) is 18.1. The van der Waals surface area contributed by atoms with Gasteiger partial charge in [-0.3, -0.25) is 9.59 Å². The zero-order chi connectivity index (χ0) is 18.4. The van der Waals surface area contributed by atoms with Crippen LogP contribution in [0.3, 0.4) is 0 Å². The Morgan fingerprint density at radius 2 is 1.72 bits per heavy atom. The van der Waals surface area contributed by atoms with E-state index in [4.69, 9.17) is 19.9 Å². The van der Waals surface area contributed by atoms with Crippen LogP contribution in [0.4, 0.5) is 5.69 Å². The lowest BCUT2D eigenvalue weighted by atomic mass is 10.1. The van der Waals surface area contributed by atoms with Crippen LogP contribution in [0.15, 0.2) is 36.4 Å². The van der Waals surface area contributed by atoms with Crippen LogP contribution in [0.5, 0.6) is 17.2 Å². The molecule has 3 N–H and O–H groups in total. The Bertz CT molecular complexity index is 767. The van der Waals surface area contributed by atoms with Crippen LogP contribution >= 0.6 is 0 Å². The molecule has 25 heavy (non-hydrogen) atoms. The van der Waals surface area contributed by atoms with E-state index in [-0.39, 0.29) is 18.1 Å². The number of carbonyl (C=O) groups is 2. The van der Waals surface area contributed by atoms with Gasteiger partial charge in [-0.1, -0.05) is 6.07 Å². The topological polar surface area (TPSA) is 99.9 Å². The summed E-state index contributed by atoms with van der Waals surface area (Å²) < 4.78 is 16.4. The molecular weight excluding hydrogens is 324 g/mol. The number of hydrogen-bond donors (Lipinski definition) is 2. The predicted octanol–water partition coefficient (Wildman–Crippen LogP) is 2.34. The van der Waals surface area contributed by atoms with Crippen LogP contribution in [0.2, 0.25) is 0 Å². The molecule has 0 heterocycles. The zero-order valence-corrected chi connectivity index (χ0v) is 14.3. The largest absolute Gasteiger partial charge is 0.496 e. The minimum absolute atomic E-state index is 0.166. The Labute approximate surface area is 145 Å². The average molecular weight is 344 g/mol. The lowest BCUT2D eigenvalue weighted by molar-refractivity contribution is -0.114. The van der Waals surface area contributed by atoms with Gasteiger partial charge in [-0.15, -0.1) is 0 Å². The molecule has 0 atom stereocenters. The number of nitrogens with one attached hydrogen (secondary N) is 1. The minimum atomic E-state index is -0.663. The normalized spacial score (nSPS) is 10.0. The van der Waals surface area contributed by atoms with Crippen LogP contribution in [-0.4, -0.2) is 26.0 Å². The fourth-order valence-electron chi connectivity index (χ4n) is 2.34. The number of rotatable bonds is 7. The Morgan fingerprint density at radius 3 is 2.24 bits per heavy atom. The Balaban J connectivity index is 2.26. The number of ether oxygens (including phenoxy) is 3. The van der Waals surface area contributed by atoms with Gasteiger partial charge in [-0.25, -0.2) is 0 Å². The first-order valence-electron chi connectivity index (χ1n) is 7.50. The number of anilines is 1. The monoisotopic (exact) mass is 344 g/mol. The maximum absolute atomic E-state index is 11.6. The lowest BCUT2D eigenvalue weighted by Crippen LogP contribution is -2.16. The summed E-state index contributed by atoms with van der Waals surface area (Å²) >= 11 is 0. The molecule has 0 aliphatic heterocycles. The molecule has 0 bridgehead atoms. The van der Waals surface area contributed by atoms with Gasteiger partial charge in [0.2, 0.25) is 5.91 Å². The zero-order valence-electron chi connectivity index (χ0n) is 14.3. The molecule has 2 aromatic rings. The smallest absolute Gasteiger partial charge is 0.250 e. The van der Waals surface area contributed by atoms with Crippen molar-refractivity contribution in [1.29, 1.82) is 0 Å². The third kappa shape index (κ3) is 4.41. The number of nitrogens with two attached hydrogens (primary N) is 1. The second kappa shape index (κ2) is 8.05. The van der Waals surface area contributed by atoms with E-state index in [1.807, 2.05) is 6.07 Å². The van der Waals surface area contributed by atoms with Crippen molar-refractivity contribution in [3.63, 3.8) is 0 Å². The Hall–Kier alpha value is -3.22. The van der Waals surface area contributed by atoms with Gasteiger partial charge in [0.25, 0.3) is 5.91 Å². The number of carbonyl (C=O) groups excluding carboxylic acids is 2. The first-order chi connectivity index (χ1) is 12.0. The minimum Gasteiger partial charge on any atom is -0.496 e. The molecule has 132 valence electrons. The fourth-order valence-corrected chi connectivity index (χ4v) is 2.34. The molecule has 0 aromatic heterocycles. The molecule has 2 rings (SSSR count). The van der Waals surface area contributed by atoms with Crippen molar-refractivity contribution in [2.75, 3.05) is 19.5 Å². The highest BCUT2D eigenvalue weighted by molar-refractivity contribution is 6.02. The fraction of sp³-hybridized carbons (Fsp3) is 0.222. The predicted molar refractivity (Wildman–Crippen MR) is 93.1 cm³/mol. The number of methoxy groups -OCH3 is 2. The summed E-state index contributed by atoms with van der Waals surface area (Å²) in [7, 11) is 3.12. The molecule has 2 amide bonds. The van der Waals surface area contributed by atoms with Crippen molar-refractivity contribution in [3.05, 3.63) is 47.5 Å². The molecule has 7 heteroatoms. The van der Waals surface area contributed by atoms with Gasteiger partial charge < -0.3 is 25.3 Å². The first-order valence-corrected chi connectivity index (χ1v) is 7.50.